The van der Waals surface area contributed by atoms with Crippen LogP contribution in [0.1, 0.15) is 15.2 Å². The number of nitrogen functional groups attached to an aromatic ring is 1. The molecule has 4 N–H and O–H groups in total. The highest BCUT2D eigenvalue weighted by molar-refractivity contribution is 7.21. The van der Waals surface area contributed by atoms with Crippen LogP contribution in [0.15, 0.2) is 54.6 Å². The number of nitrogens with two attached hydrogens (primary N) is 2. The van der Waals surface area contributed by atoms with Crippen LogP contribution >= 0.6 is 11.3 Å². The summed E-state index contributed by atoms with van der Waals surface area (Å²) in [6, 6.07) is 17.9. The van der Waals surface area contributed by atoms with E-state index in [1.807, 2.05) is 61.5 Å². The molecule has 0 spiro atoms. The molecule has 0 aliphatic heterocycles. The minimum atomic E-state index is -0.540. The summed E-state index contributed by atoms with van der Waals surface area (Å²) in [5.74, 6) is 0.237. The fraction of sp³-hybridized carbons (Fsp3) is 0.0909. The molecule has 0 bridgehead atoms. The van der Waals surface area contributed by atoms with Crippen LogP contribution in [-0.2, 0) is 0 Å². The van der Waals surface area contributed by atoms with Crippen LogP contribution in [0.2, 0.25) is 0 Å². The molecule has 2 aromatic carbocycles. The maximum atomic E-state index is 11.8. The molecule has 0 fully saturated rings. The molecule has 0 saturated heterocycles. The van der Waals surface area contributed by atoms with E-state index in [1.54, 1.807) is 7.11 Å². The lowest BCUT2D eigenvalue weighted by Crippen LogP contribution is -2.10. The third-order valence-corrected chi connectivity index (χ3v) is 5.79. The van der Waals surface area contributed by atoms with Gasteiger partial charge in [0, 0.05) is 10.9 Å². The Labute approximate surface area is 166 Å². The van der Waals surface area contributed by atoms with Gasteiger partial charge in [0.1, 0.15) is 15.5 Å². The van der Waals surface area contributed by atoms with Crippen molar-refractivity contribution in [1.29, 1.82) is 0 Å². The summed E-state index contributed by atoms with van der Waals surface area (Å²) < 4.78 is 5.24. The molecule has 2 heterocycles. The Hall–Kier alpha value is -3.38. The normalized spacial score (nSPS) is 10.9. The molecule has 140 valence electrons. The van der Waals surface area contributed by atoms with Gasteiger partial charge in [-0.15, -0.1) is 11.3 Å². The molecule has 0 unspecified atom stereocenters. The highest BCUT2D eigenvalue weighted by Gasteiger charge is 2.20. The van der Waals surface area contributed by atoms with Gasteiger partial charge in [-0.1, -0.05) is 29.8 Å². The third-order valence-electron chi connectivity index (χ3n) is 4.67. The molecule has 28 heavy (non-hydrogen) atoms. The number of methoxy groups -OCH3 is 1. The van der Waals surface area contributed by atoms with E-state index in [9.17, 15) is 4.79 Å². The van der Waals surface area contributed by atoms with Crippen molar-refractivity contribution in [3.63, 3.8) is 0 Å². The summed E-state index contributed by atoms with van der Waals surface area (Å²) in [4.78, 5) is 17.6. The molecule has 1 amide bonds. The van der Waals surface area contributed by atoms with Crippen molar-refractivity contribution < 1.29 is 9.53 Å². The Bertz CT molecular complexity index is 1180. The molecule has 2 aromatic heterocycles. The Morgan fingerprint density at radius 1 is 1.04 bits per heavy atom. The largest absolute Gasteiger partial charge is 0.497 e. The molecule has 0 saturated carbocycles. The fourth-order valence-corrected chi connectivity index (χ4v) is 4.15. The van der Waals surface area contributed by atoms with Gasteiger partial charge in [-0.25, -0.2) is 4.98 Å². The Morgan fingerprint density at radius 3 is 2.29 bits per heavy atom. The molecule has 0 atom stereocenters. The second-order valence-corrected chi connectivity index (χ2v) is 7.54. The second kappa shape index (κ2) is 6.98. The highest BCUT2D eigenvalue weighted by Crippen LogP contribution is 2.41. The zero-order valence-corrected chi connectivity index (χ0v) is 16.3. The van der Waals surface area contributed by atoms with Gasteiger partial charge in [0.2, 0.25) is 0 Å². The molecule has 6 heteroatoms. The van der Waals surface area contributed by atoms with Crippen LogP contribution in [-0.4, -0.2) is 18.0 Å². The minimum absolute atomic E-state index is 0.336. The van der Waals surface area contributed by atoms with E-state index >= 15 is 0 Å². The van der Waals surface area contributed by atoms with Gasteiger partial charge >= 0.3 is 0 Å². The number of nitrogens with zero attached hydrogens (tertiary/aromatic N) is 1. The van der Waals surface area contributed by atoms with Gasteiger partial charge in [-0.2, -0.15) is 0 Å². The first-order chi connectivity index (χ1) is 13.5. The Balaban J connectivity index is 2.00. The number of fused-ring (bicyclic) bond motifs is 1. The average molecular weight is 389 g/mol. The van der Waals surface area contributed by atoms with Crippen molar-refractivity contribution in [3.05, 3.63) is 65.0 Å². The van der Waals surface area contributed by atoms with Gasteiger partial charge in [-0.05, 0) is 48.4 Å². The number of aryl methyl sites for hydroxylation is 1. The number of hydrogen-bond donors (Lipinski definition) is 2. The number of rotatable bonds is 4. The van der Waals surface area contributed by atoms with Crippen LogP contribution in [0, 0.1) is 6.92 Å². The van der Waals surface area contributed by atoms with Gasteiger partial charge in [0.05, 0.1) is 18.5 Å². The average Bonchev–Trinajstić information content (AvgIpc) is 3.05. The SMILES string of the molecule is COc1ccc(-c2cc(-c3ccc(C)cc3)c3c(N)c(C(N)=O)sc3n2)cc1. The standard InChI is InChI=1S/C22H19N3O2S/c1-12-3-5-13(6-4-12)16-11-17(14-7-9-15(27-2)10-8-14)25-22-18(16)19(23)20(28-22)21(24)26/h3-11H,23H2,1-2H3,(H2,24,26). The number of thiophene rings is 1. The summed E-state index contributed by atoms with van der Waals surface area (Å²) in [6.45, 7) is 2.04. The fourth-order valence-electron chi connectivity index (χ4n) is 3.17. The number of aromatic nitrogens is 1. The van der Waals surface area contributed by atoms with E-state index in [4.69, 9.17) is 21.2 Å². The summed E-state index contributed by atoms with van der Waals surface area (Å²) >= 11 is 1.23. The minimum Gasteiger partial charge on any atom is -0.497 e. The first kappa shape index (κ1) is 18.0. The lowest BCUT2D eigenvalue weighted by atomic mass is 9.98. The van der Waals surface area contributed by atoms with Gasteiger partial charge in [0.15, 0.2) is 0 Å². The molecular formula is C22H19N3O2S. The van der Waals surface area contributed by atoms with Crippen LogP contribution < -0.4 is 16.2 Å². The number of amides is 1. The predicted octanol–water partition coefficient (Wildman–Crippen LogP) is 4.63. The van der Waals surface area contributed by atoms with Crippen LogP contribution in [0.5, 0.6) is 5.75 Å². The maximum Gasteiger partial charge on any atom is 0.260 e. The molecule has 4 rings (SSSR count). The zero-order chi connectivity index (χ0) is 19.8. The molecular weight excluding hydrogens is 370 g/mol. The van der Waals surface area contributed by atoms with Crippen molar-refractivity contribution in [1.82, 2.24) is 4.98 Å². The van der Waals surface area contributed by atoms with Crippen molar-refractivity contribution in [2.45, 2.75) is 6.92 Å². The number of pyridine rings is 1. The summed E-state index contributed by atoms with van der Waals surface area (Å²) in [5.41, 5.74) is 17.0. The van der Waals surface area contributed by atoms with Gasteiger partial charge < -0.3 is 16.2 Å². The van der Waals surface area contributed by atoms with E-state index in [0.717, 1.165) is 33.5 Å². The van der Waals surface area contributed by atoms with Crippen LogP contribution in [0.3, 0.4) is 0 Å². The number of benzene rings is 2. The van der Waals surface area contributed by atoms with Crippen molar-refractivity contribution in [3.8, 4) is 28.1 Å². The Kier molecular flexibility index (Phi) is 4.49. The first-order valence-corrected chi connectivity index (χ1v) is 9.54. The number of hydrogen-bond acceptors (Lipinski definition) is 5. The topological polar surface area (TPSA) is 91.2 Å². The molecule has 0 radical (unpaired) electrons. The van der Waals surface area contributed by atoms with Crippen LogP contribution in [0.4, 0.5) is 5.69 Å². The van der Waals surface area contributed by atoms with Crippen molar-refractivity contribution in [2.24, 2.45) is 5.73 Å². The molecule has 4 aromatic rings. The van der Waals surface area contributed by atoms with Gasteiger partial charge in [0.25, 0.3) is 5.91 Å². The quantitative estimate of drug-likeness (QED) is 0.532. The lowest BCUT2D eigenvalue weighted by Gasteiger charge is -2.10. The number of carbonyl (C=O) groups excluding carboxylic acids is 1. The summed E-state index contributed by atoms with van der Waals surface area (Å²) in [7, 11) is 1.63. The maximum absolute atomic E-state index is 11.8. The number of primary amides is 1. The summed E-state index contributed by atoms with van der Waals surface area (Å²) in [5, 5.41) is 0.764. The van der Waals surface area contributed by atoms with E-state index in [-0.39, 0.29) is 0 Å². The van der Waals surface area contributed by atoms with Gasteiger partial charge in [-0.3, -0.25) is 4.79 Å². The summed E-state index contributed by atoms with van der Waals surface area (Å²) in [6.07, 6.45) is 0. The van der Waals surface area contributed by atoms with E-state index in [1.165, 1.54) is 16.9 Å². The number of carbonyl (C=O) groups is 1. The van der Waals surface area contributed by atoms with Crippen molar-refractivity contribution in [2.75, 3.05) is 12.8 Å². The monoisotopic (exact) mass is 389 g/mol. The second-order valence-electron chi connectivity index (χ2n) is 6.54. The first-order valence-electron chi connectivity index (χ1n) is 8.72. The third kappa shape index (κ3) is 3.08. The molecule has 5 nitrogen and oxygen atoms in total. The van der Waals surface area contributed by atoms with Crippen molar-refractivity contribution >= 4 is 33.1 Å². The predicted molar refractivity (Wildman–Crippen MR) is 115 cm³/mol. The number of ether oxygens (including phenoxy) is 1. The molecule has 0 aliphatic rings. The number of anilines is 1. The van der Waals surface area contributed by atoms with E-state index in [0.29, 0.717) is 15.4 Å². The Morgan fingerprint density at radius 2 is 1.68 bits per heavy atom. The zero-order valence-electron chi connectivity index (χ0n) is 15.5. The molecule has 0 aliphatic carbocycles. The van der Waals surface area contributed by atoms with Crippen LogP contribution in [0.25, 0.3) is 32.6 Å². The lowest BCUT2D eigenvalue weighted by molar-refractivity contribution is 0.100. The van der Waals surface area contributed by atoms with E-state index < -0.39 is 5.91 Å². The smallest absolute Gasteiger partial charge is 0.260 e. The van der Waals surface area contributed by atoms with E-state index in [2.05, 4.69) is 0 Å². The highest BCUT2D eigenvalue weighted by atomic mass is 32.1.